The number of benzene rings is 1. The average molecular weight is 321 g/mol. The Labute approximate surface area is 131 Å². The summed E-state index contributed by atoms with van der Waals surface area (Å²) < 4.78 is 0. The highest BCUT2D eigenvalue weighted by Crippen LogP contribution is 2.18. The summed E-state index contributed by atoms with van der Waals surface area (Å²) in [6.07, 6.45) is 0. The largest absolute Gasteiger partial charge is 0.321 e. The van der Waals surface area contributed by atoms with Crippen LogP contribution in [0.5, 0.6) is 0 Å². The van der Waals surface area contributed by atoms with E-state index in [2.05, 4.69) is 10.2 Å². The van der Waals surface area contributed by atoms with Crippen LogP contribution in [0, 0.1) is 11.3 Å². The molecule has 0 atom stereocenters. The van der Waals surface area contributed by atoms with Gasteiger partial charge in [0.2, 0.25) is 0 Å². The van der Waals surface area contributed by atoms with E-state index in [-0.39, 0.29) is 22.4 Å². The first-order valence-corrected chi connectivity index (χ1v) is 6.76. The average Bonchev–Trinajstić information content (AvgIpc) is 2.49. The quantitative estimate of drug-likeness (QED) is 0.812. The molecule has 1 amide bonds. The standard InChI is InChI=1S/C14H10Cl2N4O/c15-12-8-11(13(16)19-18-12)14(21)20(7-6-17)9-10-4-2-1-3-5-10/h1-5,8H,7,9H2. The molecule has 5 nitrogen and oxygen atoms in total. The van der Waals surface area contributed by atoms with Crippen molar-refractivity contribution in [2.24, 2.45) is 0 Å². The fourth-order valence-electron chi connectivity index (χ4n) is 1.76. The smallest absolute Gasteiger partial charge is 0.258 e. The van der Waals surface area contributed by atoms with Crippen molar-refractivity contribution in [3.63, 3.8) is 0 Å². The molecule has 1 aromatic carbocycles. The molecule has 7 heteroatoms. The van der Waals surface area contributed by atoms with Crippen LogP contribution in [0.1, 0.15) is 15.9 Å². The van der Waals surface area contributed by atoms with Crippen molar-refractivity contribution in [3.8, 4) is 6.07 Å². The van der Waals surface area contributed by atoms with Gasteiger partial charge in [-0.25, -0.2) is 0 Å². The van der Waals surface area contributed by atoms with Crippen LogP contribution in [-0.4, -0.2) is 27.5 Å². The van der Waals surface area contributed by atoms with Gasteiger partial charge in [-0.15, -0.1) is 10.2 Å². The van der Waals surface area contributed by atoms with E-state index in [9.17, 15) is 4.79 Å². The number of nitrogens with zero attached hydrogens (tertiary/aromatic N) is 4. The minimum Gasteiger partial charge on any atom is -0.321 e. The van der Waals surface area contributed by atoms with E-state index in [1.54, 1.807) is 0 Å². The Kier molecular flexibility index (Phi) is 5.09. The minimum atomic E-state index is -0.415. The van der Waals surface area contributed by atoms with Gasteiger partial charge in [-0.2, -0.15) is 5.26 Å². The molecule has 1 heterocycles. The van der Waals surface area contributed by atoms with Crippen LogP contribution in [-0.2, 0) is 6.54 Å². The molecule has 0 aliphatic carbocycles. The molecule has 2 aromatic rings. The molecule has 0 N–H and O–H groups in total. The zero-order chi connectivity index (χ0) is 15.2. The highest BCUT2D eigenvalue weighted by atomic mass is 35.5. The highest BCUT2D eigenvalue weighted by molar-refractivity contribution is 6.34. The summed E-state index contributed by atoms with van der Waals surface area (Å²) in [6.45, 7) is 0.230. The van der Waals surface area contributed by atoms with Gasteiger partial charge in [-0.05, 0) is 11.6 Å². The van der Waals surface area contributed by atoms with E-state index in [0.29, 0.717) is 6.54 Å². The van der Waals surface area contributed by atoms with Gasteiger partial charge >= 0.3 is 0 Å². The van der Waals surface area contributed by atoms with Crippen molar-refractivity contribution in [2.75, 3.05) is 6.54 Å². The van der Waals surface area contributed by atoms with Crippen molar-refractivity contribution >= 4 is 29.1 Å². The first-order chi connectivity index (χ1) is 10.1. The summed E-state index contributed by atoms with van der Waals surface area (Å²) in [5, 5.41) is 16.1. The van der Waals surface area contributed by atoms with E-state index in [4.69, 9.17) is 28.5 Å². The van der Waals surface area contributed by atoms with E-state index in [1.807, 2.05) is 36.4 Å². The normalized spacial score (nSPS) is 9.95. The molecule has 0 unspecified atom stereocenters. The predicted octanol–water partition coefficient (Wildman–Crippen LogP) is 2.95. The summed E-state index contributed by atoms with van der Waals surface area (Å²) >= 11 is 11.6. The maximum absolute atomic E-state index is 12.5. The number of rotatable bonds is 4. The fourth-order valence-corrected chi connectivity index (χ4v) is 2.08. The van der Waals surface area contributed by atoms with Gasteiger partial charge in [0, 0.05) is 6.54 Å². The second-order valence-corrected chi connectivity index (χ2v) is 4.92. The second kappa shape index (κ2) is 7.02. The Morgan fingerprint density at radius 1 is 1.24 bits per heavy atom. The number of amides is 1. The van der Waals surface area contributed by atoms with Crippen molar-refractivity contribution in [1.82, 2.24) is 15.1 Å². The Bertz CT molecular complexity index is 685. The van der Waals surface area contributed by atoms with E-state index >= 15 is 0 Å². The van der Waals surface area contributed by atoms with Gasteiger partial charge in [0.05, 0.1) is 11.6 Å². The molecular weight excluding hydrogens is 311 g/mol. The molecule has 0 saturated carbocycles. The van der Waals surface area contributed by atoms with Gasteiger partial charge < -0.3 is 4.90 Å². The molecule has 21 heavy (non-hydrogen) atoms. The molecule has 1 aromatic heterocycles. The molecular formula is C14H10Cl2N4O. The number of carbonyl (C=O) groups is 1. The number of halogens is 2. The molecule has 0 bridgehead atoms. The predicted molar refractivity (Wildman–Crippen MR) is 78.8 cm³/mol. The number of aromatic nitrogens is 2. The highest BCUT2D eigenvalue weighted by Gasteiger charge is 2.20. The number of hydrogen-bond donors (Lipinski definition) is 0. The number of nitriles is 1. The van der Waals surface area contributed by atoms with Crippen molar-refractivity contribution in [1.29, 1.82) is 5.26 Å². The molecule has 106 valence electrons. The number of carbonyl (C=O) groups excluding carboxylic acids is 1. The lowest BCUT2D eigenvalue weighted by Crippen LogP contribution is -2.31. The Balaban J connectivity index is 2.27. The lowest BCUT2D eigenvalue weighted by Gasteiger charge is -2.20. The van der Waals surface area contributed by atoms with Gasteiger partial charge in [0.1, 0.15) is 6.54 Å². The Morgan fingerprint density at radius 2 is 1.95 bits per heavy atom. The summed E-state index contributed by atoms with van der Waals surface area (Å²) in [7, 11) is 0. The van der Waals surface area contributed by atoms with Crippen LogP contribution in [0.2, 0.25) is 10.3 Å². The summed E-state index contributed by atoms with van der Waals surface area (Å²) in [5.41, 5.74) is 1.04. The minimum absolute atomic E-state index is 0.0413. The third kappa shape index (κ3) is 3.91. The first-order valence-electron chi connectivity index (χ1n) is 6.00. The number of hydrogen-bond acceptors (Lipinski definition) is 4. The first kappa shape index (κ1) is 15.2. The molecule has 0 aliphatic rings. The van der Waals surface area contributed by atoms with E-state index in [0.717, 1.165) is 5.56 Å². The molecule has 0 saturated heterocycles. The summed E-state index contributed by atoms with van der Waals surface area (Å²) in [6, 6.07) is 12.7. The van der Waals surface area contributed by atoms with Crippen LogP contribution < -0.4 is 0 Å². The third-order valence-corrected chi connectivity index (χ3v) is 3.18. The van der Waals surface area contributed by atoms with Crippen molar-refractivity contribution in [2.45, 2.75) is 6.54 Å². The third-order valence-electron chi connectivity index (χ3n) is 2.71. The monoisotopic (exact) mass is 320 g/mol. The zero-order valence-electron chi connectivity index (χ0n) is 10.8. The maximum Gasteiger partial charge on any atom is 0.258 e. The van der Waals surface area contributed by atoms with Gasteiger partial charge in [-0.1, -0.05) is 53.5 Å². The van der Waals surface area contributed by atoms with Crippen LogP contribution in [0.4, 0.5) is 0 Å². The molecule has 2 rings (SSSR count). The van der Waals surface area contributed by atoms with Crippen molar-refractivity contribution < 1.29 is 4.79 Å². The van der Waals surface area contributed by atoms with Crippen LogP contribution in [0.15, 0.2) is 36.4 Å². The molecule has 0 spiro atoms. The van der Waals surface area contributed by atoms with Crippen LogP contribution in [0.25, 0.3) is 0 Å². The van der Waals surface area contributed by atoms with E-state index < -0.39 is 5.91 Å². The van der Waals surface area contributed by atoms with Gasteiger partial charge in [0.25, 0.3) is 5.91 Å². The molecule has 0 fully saturated rings. The Hall–Kier alpha value is -2.16. The maximum atomic E-state index is 12.5. The lowest BCUT2D eigenvalue weighted by atomic mass is 10.2. The SMILES string of the molecule is N#CCN(Cc1ccccc1)C(=O)c1cc(Cl)nnc1Cl. The fraction of sp³-hybridized carbons (Fsp3) is 0.143. The zero-order valence-corrected chi connectivity index (χ0v) is 12.3. The summed E-state index contributed by atoms with van der Waals surface area (Å²) in [5.74, 6) is -0.415. The van der Waals surface area contributed by atoms with E-state index in [1.165, 1.54) is 11.0 Å². The summed E-state index contributed by atoms with van der Waals surface area (Å²) in [4.78, 5) is 13.8. The second-order valence-electron chi connectivity index (χ2n) is 4.18. The molecule has 0 radical (unpaired) electrons. The van der Waals surface area contributed by atoms with Crippen molar-refractivity contribution in [3.05, 3.63) is 57.8 Å². The van der Waals surface area contributed by atoms with Gasteiger partial charge in [0.15, 0.2) is 10.3 Å². The topological polar surface area (TPSA) is 69.9 Å². The Morgan fingerprint density at radius 3 is 2.62 bits per heavy atom. The van der Waals surface area contributed by atoms with Crippen LogP contribution >= 0.6 is 23.2 Å². The molecule has 0 aliphatic heterocycles. The lowest BCUT2D eigenvalue weighted by molar-refractivity contribution is 0.0764. The van der Waals surface area contributed by atoms with Gasteiger partial charge in [-0.3, -0.25) is 4.79 Å². The van der Waals surface area contributed by atoms with Crippen LogP contribution in [0.3, 0.4) is 0 Å².